The van der Waals surface area contributed by atoms with Crippen molar-refractivity contribution >= 4 is 17.4 Å². The summed E-state index contributed by atoms with van der Waals surface area (Å²) >= 11 is 5.46. The first kappa shape index (κ1) is 8.76. The number of hydrogen-bond donors (Lipinski definition) is 0. The summed E-state index contributed by atoms with van der Waals surface area (Å²) in [7, 11) is 0. The van der Waals surface area contributed by atoms with Crippen LogP contribution in [0, 0.1) is 18.2 Å². The molecular weight excluding hydrogens is 179 g/mol. The van der Waals surface area contributed by atoms with Crippen molar-refractivity contribution in [2.24, 2.45) is 0 Å². The van der Waals surface area contributed by atoms with Crippen molar-refractivity contribution in [3.8, 4) is 12.3 Å². The van der Waals surface area contributed by atoms with Crippen molar-refractivity contribution in [3.05, 3.63) is 34.6 Å². The van der Waals surface area contributed by atoms with E-state index in [4.69, 9.17) is 18.0 Å². The van der Waals surface area contributed by atoms with Gasteiger partial charge in [0.15, 0.2) is 0 Å². The van der Waals surface area contributed by atoms with Gasteiger partial charge in [-0.3, -0.25) is 4.79 Å². The molecule has 0 unspecified atom stereocenters. The van der Waals surface area contributed by atoms with Crippen molar-refractivity contribution in [1.82, 2.24) is 0 Å². The number of ketones is 1. The lowest BCUT2D eigenvalue weighted by atomic mass is 10.1. The Bertz CT molecular complexity index is 365. The van der Waals surface area contributed by atoms with Crippen LogP contribution in [0.2, 0.25) is 5.02 Å². The summed E-state index contributed by atoms with van der Waals surface area (Å²) in [6.45, 7) is 0. The van der Waals surface area contributed by atoms with Gasteiger partial charge in [0.2, 0.25) is 5.78 Å². The maximum absolute atomic E-state index is 12.9. The molecule has 0 aliphatic carbocycles. The van der Waals surface area contributed by atoms with Gasteiger partial charge in [0.1, 0.15) is 5.82 Å². The van der Waals surface area contributed by atoms with Crippen molar-refractivity contribution in [1.29, 1.82) is 0 Å². The molecule has 0 heterocycles. The van der Waals surface area contributed by atoms with Gasteiger partial charge in [-0.15, -0.1) is 6.42 Å². The molecule has 0 bridgehead atoms. The van der Waals surface area contributed by atoms with Crippen LogP contribution >= 0.6 is 11.6 Å². The van der Waals surface area contributed by atoms with E-state index in [0.717, 1.165) is 6.07 Å². The van der Waals surface area contributed by atoms with E-state index < -0.39 is 11.6 Å². The molecule has 0 aliphatic rings. The fourth-order valence-electron chi connectivity index (χ4n) is 0.751. The topological polar surface area (TPSA) is 17.1 Å². The second-order valence-corrected chi connectivity index (χ2v) is 2.53. The Morgan fingerprint density at radius 2 is 2.25 bits per heavy atom. The summed E-state index contributed by atoms with van der Waals surface area (Å²) in [5, 5.41) is 0.237. The molecule has 0 aliphatic heterocycles. The highest BCUT2D eigenvalue weighted by Gasteiger charge is 2.08. The largest absolute Gasteiger partial charge is 0.279 e. The van der Waals surface area contributed by atoms with E-state index >= 15 is 0 Å². The molecule has 0 N–H and O–H groups in total. The third-order valence-electron chi connectivity index (χ3n) is 1.31. The van der Waals surface area contributed by atoms with Gasteiger partial charge < -0.3 is 0 Å². The van der Waals surface area contributed by atoms with Gasteiger partial charge in [-0.05, 0) is 24.1 Å². The normalized spacial score (nSPS) is 9.08. The third kappa shape index (κ3) is 1.63. The zero-order valence-electron chi connectivity index (χ0n) is 5.97. The highest BCUT2D eigenvalue weighted by Crippen LogP contribution is 2.14. The average Bonchev–Trinajstić information content (AvgIpc) is 2.03. The molecule has 0 aromatic heterocycles. The molecule has 0 atom stereocenters. The van der Waals surface area contributed by atoms with Gasteiger partial charge >= 0.3 is 0 Å². The van der Waals surface area contributed by atoms with Crippen LogP contribution in [0.3, 0.4) is 0 Å². The smallest absolute Gasteiger partial charge is 0.238 e. The second-order valence-electron chi connectivity index (χ2n) is 2.10. The van der Waals surface area contributed by atoms with Crippen LogP contribution in [0.5, 0.6) is 0 Å². The molecule has 60 valence electrons. The van der Waals surface area contributed by atoms with Crippen LogP contribution in [0.1, 0.15) is 10.4 Å². The number of carbonyl (C=O) groups is 1. The Morgan fingerprint density at radius 3 is 2.75 bits per heavy atom. The zero-order valence-corrected chi connectivity index (χ0v) is 6.73. The lowest BCUT2D eigenvalue weighted by Gasteiger charge is -1.96. The Labute approximate surface area is 74.2 Å². The molecule has 0 saturated heterocycles. The van der Waals surface area contributed by atoms with E-state index in [0.29, 0.717) is 0 Å². The minimum Gasteiger partial charge on any atom is -0.279 e. The zero-order chi connectivity index (χ0) is 9.14. The maximum atomic E-state index is 12.9. The molecule has 0 spiro atoms. The lowest BCUT2D eigenvalue weighted by Crippen LogP contribution is -1.98. The Kier molecular flexibility index (Phi) is 2.47. The first-order chi connectivity index (χ1) is 5.65. The monoisotopic (exact) mass is 182 g/mol. The molecule has 0 amide bonds. The number of terminal acetylenes is 1. The summed E-state index contributed by atoms with van der Waals surface area (Å²) in [6, 6.07) is 3.72. The van der Waals surface area contributed by atoms with E-state index in [1.54, 1.807) is 0 Å². The van der Waals surface area contributed by atoms with Gasteiger partial charge in [0.05, 0.1) is 5.56 Å². The maximum Gasteiger partial charge on any atom is 0.238 e. The van der Waals surface area contributed by atoms with E-state index in [2.05, 4.69) is 0 Å². The fourth-order valence-corrected chi connectivity index (χ4v) is 0.910. The van der Waals surface area contributed by atoms with Gasteiger partial charge in [-0.1, -0.05) is 11.6 Å². The van der Waals surface area contributed by atoms with Crippen LogP contribution < -0.4 is 0 Å². The minimum atomic E-state index is -0.689. The predicted molar refractivity (Wildman–Crippen MR) is 44.6 cm³/mol. The molecule has 1 aromatic carbocycles. The molecule has 0 fully saturated rings. The first-order valence-electron chi connectivity index (χ1n) is 3.11. The molecule has 1 nitrogen and oxygen atoms in total. The molecule has 0 radical (unpaired) electrons. The number of Topliss-reactive ketones (excluding diaryl/α,β-unsaturated/α-hetero) is 1. The lowest BCUT2D eigenvalue weighted by molar-refractivity contribution is 0.105. The number of benzene rings is 1. The minimum absolute atomic E-state index is 0.123. The second kappa shape index (κ2) is 3.38. The summed E-state index contributed by atoms with van der Waals surface area (Å²) in [6.07, 6.45) is 4.81. The number of halogens is 2. The molecule has 0 saturated carbocycles. The summed E-state index contributed by atoms with van der Waals surface area (Å²) < 4.78 is 12.9. The van der Waals surface area contributed by atoms with E-state index in [9.17, 15) is 9.18 Å². The number of rotatable bonds is 1. The van der Waals surface area contributed by atoms with Gasteiger partial charge in [-0.25, -0.2) is 4.39 Å². The van der Waals surface area contributed by atoms with Gasteiger partial charge in [-0.2, -0.15) is 0 Å². The van der Waals surface area contributed by atoms with Crippen molar-refractivity contribution in [3.63, 3.8) is 0 Å². The SMILES string of the molecule is C#CC(=O)c1ccc(Cl)cc1F. The van der Waals surface area contributed by atoms with Crippen LogP contribution in [0.25, 0.3) is 0 Å². The molecule has 1 rings (SSSR count). The highest BCUT2D eigenvalue weighted by molar-refractivity contribution is 6.30. The van der Waals surface area contributed by atoms with Crippen LogP contribution in [0.15, 0.2) is 18.2 Å². The van der Waals surface area contributed by atoms with Gasteiger partial charge in [0.25, 0.3) is 0 Å². The van der Waals surface area contributed by atoms with E-state index in [-0.39, 0.29) is 10.6 Å². The number of carbonyl (C=O) groups excluding carboxylic acids is 1. The summed E-state index contributed by atoms with van der Waals surface area (Å²) in [5.74, 6) is 0.453. The van der Waals surface area contributed by atoms with Crippen LogP contribution in [-0.2, 0) is 0 Å². The first-order valence-corrected chi connectivity index (χ1v) is 3.49. The average molecular weight is 183 g/mol. The molecule has 3 heteroatoms. The predicted octanol–water partition coefficient (Wildman–Crippen LogP) is 2.29. The van der Waals surface area contributed by atoms with Gasteiger partial charge in [0, 0.05) is 5.02 Å². The Balaban J connectivity index is 3.20. The van der Waals surface area contributed by atoms with E-state index in [1.807, 2.05) is 5.92 Å². The number of hydrogen-bond acceptors (Lipinski definition) is 1. The summed E-state index contributed by atoms with van der Waals surface area (Å²) in [5.41, 5.74) is -0.123. The van der Waals surface area contributed by atoms with Crippen molar-refractivity contribution in [2.75, 3.05) is 0 Å². The van der Waals surface area contributed by atoms with E-state index in [1.165, 1.54) is 12.1 Å². The van der Waals surface area contributed by atoms with Crippen molar-refractivity contribution < 1.29 is 9.18 Å². The third-order valence-corrected chi connectivity index (χ3v) is 1.54. The summed E-state index contributed by atoms with van der Waals surface area (Å²) in [4.78, 5) is 10.8. The van der Waals surface area contributed by atoms with Crippen LogP contribution in [-0.4, -0.2) is 5.78 Å². The Hall–Kier alpha value is -1.33. The Morgan fingerprint density at radius 1 is 1.58 bits per heavy atom. The standard InChI is InChI=1S/C9H4ClFO/c1-2-9(12)7-4-3-6(10)5-8(7)11/h1,3-5H. The molecular formula is C9H4ClFO. The molecule has 12 heavy (non-hydrogen) atoms. The fraction of sp³-hybridized carbons (Fsp3) is 0. The molecule has 1 aromatic rings. The highest BCUT2D eigenvalue weighted by atomic mass is 35.5. The van der Waals surface area contributed by atoms with Crippen LogP contribution in [0.4, 0.5) is 4.39 Å². The van der Waals surface area contributed by atoms with Crippen molar-refractivity contribution in [2.45, 2.75) is 0 Å². The quantitative estimate of drug-likeness (QED) is 0.370.